The minimum Gasteiger partial charge on any atom is -0.301 e. The third kappa shape index (κ3) is 3.79. The minimum absolute atomic E-state index is 0.0271. The van der Waals surface area contributed by atoms with E-state index in [0.29, 0.717) is 11.3 Å². The van der Waals surface area contributed by atoms with E-state index in [9.17, 15) is 18.0 Å². The first-order valence-electron chi connectivity index (χ1n) is 5.47. The van der Waals surface area contributed by atoms with Crippen molar-refractivity contribution in [1.29, 1.82) is 0 Å². The smallest absolute Gasteiger partial charge is 0.293 e. The number of hydrogen-bond acceptors (Lipinski definition) is 8. The molecule has 2 rings (SSSR count). The molecule has 2 aromatic heterocycles. The molecule has 2 heterocycles. The summed E-state index contributed by atoms with van der Waals surface area (Å²) in [6, 6.07) is 2.74. The van der Waals surface area contributed by atoms with Crippen molar-refractivity contribution in [2.24, 2.45) is 0 Å². The molecule has 0 bridgehead atoms. The van der Waals surface area contributed by atoms with E-state index in [1.165, 1.54) is 31.5 Å². The summed E-state index contributed by atoms with van der Waals surface area (Å²) in [6.07, 6.45) is 2.72. The molecular weight excluding hydrogens is 318 g/mol. The second kappa shape index (κ2) is 5.93. The van der Waals surface area contributed by atoms with Gasteiger partial charge in [0, 0.05) is 24.9 Å². The van der Waals surface area contributed by atoms with Gasteiger partial charge in [-0.1, -0.05) is 11.3 Å². The molecule has 2 N–H and O–H groups in total. The second-order valence-corrected chi connectivity index (χ2v) is 6.56. The summed E-state index contributed by atoms with van der Waals surface area (Å²) in [5, 5.41) is 9.26. The molecule has 2 amide bonds. The molecule has 0 fully saturated rings. The highest BCUT2D eigenvalue weighted by molar-refractivity contribution is 7.92. The Balaban J connectivity index is 2.17. The Bertz CT molecular complexity index is 772. The van der Waals surface area contributed by atoms with Crippen molar-refractivity contribution in [3.8, 4) is 0 Å². The van der Waals surface area contributed by atoms with Crippen molar-refractivity contribution in [3.63, 3.8) is 0 Å². The van der Waals surface area contributed by atoms with Gasteiger partial charge in [-0.25, -0.2) is 4.72 Å². The number of carbonyl (C=O) groups is 2. The predicted molar refractivity (Wildman–Crippen MR) is 73.1 cm³/mol. The summed E-state index contributed by atoms with van der Waals surface area (Å²) in [5.74, 6) is -1.22. The van der Waals surface area contributed by atoms with Gasteiger partial charge in [-0.15, -0.1) is 10.2 Å². The number of nitrogens with zero attached hydrogens (tertiary/aromatic N) is 3. The number of pyridine rings is 1. The molecule has 2 aromatic rings. The van der Waals surface area contributed by atoms with E-state index < -0.39 is 26.2 Å². The average molecular weight is 327 g/mol. The van der Waals surface area contributed by atoms with E-state index in [4.69, 9.17) is 0 Å². The molecule has 0 atom stereocenters. The fourth-order valence-corrected chi connectivity index (χ4v) is 3.17. The van der Waals surface area contributed by atoms with Crippen molar-refractivity contribution in [2.75, 3.05) is 5.32 Å². The summed E-state index contributed by atoms with van der Waals surface area (Å²) in [5.41, 5.74) is 0.139. The molecule has 9 nitrogen and oxygen atoms in total. The van der Waals surface area contributed by atoms with Gasteiger partial charge in [0.05, 0.1) is 0 Å². The monoisotopic (exact) mass is 327 g/mol. The largest absolute Gasteiger partial charge is 0.301 e. The van der Waals surface area contributed by atoms with Crippen LogP contribution in [-0.4, -0.2) is 35.4 Å². The molecule has 0 aliphatic rings. The molecule has 0 unspecified atom stereocenters. The lowest BCUT2D eigenvalue weighted by molar-refractivity contribution is -0.114. The Labute approximate surface area is 123 Å². The van der Waals surface area contributed by atoms with E-state index in [2.05, 4.69) is 20.5 Å². The lowest BCUT2D eigenvalue weighted by atomic mass is 10.3. The highest BCUT2D eigenvalue weighted by atomic mass is 32.2. The van der Waals surface area contributed by atoms with Crippen LogP contribution in [0.4, 0.5) is 5.13 Å². The van der Waals surface area contributed by atoms with Crippen molar-refractivity contribution in [2.45, 2.75) is 11.3 Å². The van der Waals surface area contributed by atoms with Gasteiger partial charge < -0.3 is 5.32 Å². The fraction of sp³-hybridized carbons (Fsp3) is 0.100. The highest BCUT2D eigenvalue weighted by Crippen LogP contribution is 2.19. The van der Waals surface area contributed by atoms with Gasteiger partial charge >= 0.3 is 0 Å². The van der Waals surface area contributed by atoms with Gasteiger partial charge in [-0.2, -0.15) is 8.42 Å². The molecule has 0 spiro atoms. The quantitative estimate of drug-likeness (QED) is 0.756. The summed E-state index contributed by atoms with van der Waals surface area (Å²) in [6.45, 7) is 1.25. The molecule has 110 valence electrons. The van der Waals surface area contributed by atoms with E-state index in [1.807, 2.05) is 4.72 Å². The number of amides is 2. The van der Waals surface area contributed by atoms with Crippen molar-refractivity contribution in [3.05, 3.63) is 30.1 Å². The molecule has 0 saturated heterocycles. The maximum atomic E-state index is 12.0. The number of anilines is 1. The van der Waals surface area contributed by atoms with Gasteiger partial charge in [0.25, 0.3) is 20.3 Å². The standard InChI is InChI=1S/C10H9N5O4S2/c1-6(16)12-9-13-14-10(20-9)21(18,19)15-8(17)7-2-4-11-5-3-7/h2-5H,1H3,(H,15,17)(H,12,13,16). The molecule has 11 heteroatoms. The zero-order chi connectivity index (χ0) is 15.5. The average Bonchev–Trinajstić information content (AvgIpc) is 2.88. The Morgan fingerprint density at radius 1 is 1.19 bits per heavy atom. The summed E-state index contributed by atoms with van der Waals surface area (Å²) in [7, 11) is -4.15. The highest BCUT2D eigenvalue weighted by Gasteiger charge is 2.23. The van der Waals surface area contributed by atoms with Crippen LogP contribution >= 0.6 is 11.3 Å². The zero-order valence-corrected chi connectivity index (χ0v) is 12.2. The second-order valence-electron chi connectivity index (χ2n) is 3.72. The van der Waals surface area contributed by atoms with Crippen molar-refractivity contribution < 1.29 is 18.0 Å². The first-order valence-corrected chi connectivity index (χ1v) is 7.77. The SMILES string of the molecule is CC(=O)Nc1nnc(S(=O)(=O)NC(=O)c2ccncc2)s1. The third-order valence-corrected chi connectivity index (χ3v) is 4.63. The Kier molecular flexibility index (Phi) is 4.23. The van der Waals surface area contributed by atoms with Gasteiger partial charge in [0.1, 0.15) is 0 Å². The topological polar surface area (TPSA) is 131 Å². The third-order valence-electron chi connectivity index (χ3n) is 2.09. The van der Waals surface area contributed by atoms with Crippen LogP contribution in [0.15, 0.2) is 28.9 Å². The minimum atomic E-state index is -4.15. The van der Waals surface area contributed by atoms with Crippen LogP contribution in [0.5, 0.6) is 0 Å². The molecule has 0 aliphatic heterocycles. The Morgan fingerprint density at radius 2 is 1.86 bits per heavy atom. The maximum Gasteiger partial charge on any atom is 0.293 e. The number of nitrogens with one attached hydrogen (secondary N) is 2. The van der Waals surface area contributed by atoms with Crippen LogP contribution in [0.2, 0.25) is 0 Å². The van der Waals surface area contributed by atoms with Crippen LogP contribution in [0.3, 0.4) is 0 Å². The number of hydrogen-bond donors (Lipinski definition) is 2. The first kappa shape index (κ1) is 15.0. The Morgan fingerprint density at radius 3 is 2.48 bits per heavy atom. The molecule has 21 heavy (non-hydrogen) atoms. The molecule has 0 radical (unpaired) electrons. The predicted octanol–water partition coefficient (Wildman–Crippen LogP) is 0.0102. The number of rotatable bonds is 4. The van der Waals surface area contributed by atoms with Crippen molar-refractivity contribution >= 4 is 38.3 Å². The number of sulfonamides is 1. The van der Waals surface area contributed by atoms with Crippen LogP contribution in [0, 0.1) is 0 Å². The summed E-state index contributed by atoms with van der Waals surface area (Å²) >= 11 is 0.636. The number of carbonyl (C=O) groups excluding carboxylic acids is 2. The van der Waals surface area contributed by atoms with Gasteiger partial charge in [0.15, 0.2) is 0 Å². The van der Waals surface area contributed by atoms with Gasteiger partial charge in [-0.3, -0.25) is 14.6 Å². The molecular formula is C10H9N5O4S2. The molecule has 0 aliphatic carbocycles. The van der Waals surface area contributed by atoms with Gasteiger partial charge in [-0.05, 0) is 12.1 Å². The number of aromatic nitrogens is 3. The molecule has 0 aromatic carbocycles. The maximum absolute atomic E-state index is 12.0. The van der Waals surface area contributed by atoms with Crippen molar-refractivity contribution in [1.82, 2.24) is 19.9 Å². The Hall–Kier alpha value is -2.40. The van der Waals surface area contributed by atoms with Crippen LogP contribution in [0.25, 0.3) is 0 Å². The van der Waals surface area contributed by atoms with Crippen LogP contribution in [-0.2, 0) is 14.8 Å². The molecule has 0 saturated carbocycles. The lowest BCUT2D eigenvalue weighted by Crippen LogP contribution is -2.30. The van der Waals surface area contributed by atoms with E-state index >= 15 is 0 Å². The van der Waals surface area contributed by atoms with Crippen LogP contribution < -0.4 is 10.0 Å². The van der Waals surface area contributed by atoms with E-state index in [0.717, 1.165) is 0 Å². The van der Waals surface area contributed by atoms with Crippen LogP contribution in [0.1, 0.15) is 17.3 Å². The summed E-state index contributed by atoms with van der Waals surface area (Å²) in [4.78, 5) is 26.3. The normalized spacial score (nSPS) is 10.9. The summed E-state index contributed by atoms with van der Waals surface area (Å²) < 4.78 is 25.4. The van der Waals surface area contributed by atoms with Gasteiger partial charge in [0.2, 0.25) is 11.0 Å². The fourth-order valence-electron chi connectivity index (χ4n) is 1.25. The first-order chi connectivity index (χ1) is 9.88. The zero-order valence-electron chi connectivity index (χ0n) is 10.6. The van der Waals surface area contributed by atoms with E-state index in [1.54, 1.807) is 0 Å². The lowest BCUT2D eigenvalue weighted by Gasteiger charge is -2.03. The van der Waals surface area contributed by atoms with E-state index in [-0.39, 0.29) is 10.7 Å².